The molecule has 5 heterocycles. The zero-order valence-corrected chi connectivity index (χ0v) is 28.3. The molecular weight excluding hydrogens is 650 g/mol. The summed E-state index contributed by atoms with van der Waals surface area (Å²) in [5, 5.41) is 0.624. The molecule has 0 N–H and O–H groups in total. The number of likely N-dealkylation sites (N-methyl/N-ethyl adjacent to an activating group) is 2. The van der Waals surface area contributed by atoms with Crippen molar-refractivity contribution in [3.05, 3.63) is 83.1 Å². The highest BCUT2D eigenvalue weighted by Gasteiger charge is 2.35. The summed E-state index contributed by atoms with van der Waals surface area (Å²) in [4.78, 5) is 42.7. The minimum absolute atomic E-state index is 0.0284. The number of fused-ring (bicyclic) bond motifs is 2. The molecule has 0 aliphatic carbocycles. The van der Waals surface area contributed by atoms with Gasteiger partial charge < -0.3 is 19.6 Å². The minimum atomic E-state index is -1.09. The molecule has 3 aromatic heterocycles. The number of pyridine rings is 1. The first kappa shape index (κ1) is 33.3. The van der Waals surface area contributed by atoms with E-state index in [1.54, 1.807) is 39.1 Å². The molecule has 2 saturated heterocycles. The highest BCUT2D eigenvalue weighted by atomic mass is 19.2. The van der Waals surface area contributed by atoms with Gasteiger partial charge in [0.1, 0.15) is 22.9 Å². The summed E-state index contributed by atoms with van der Waals surface area (Å²) in [6.07, 6.45) is 3.05. The van der Waals surface area contributed by atoms with E-state index < -0.39 is 29.2 Å². The van der Waals surface area contributed by atoms with Crippen LogP contribution in [0.2, 0.25) is 0 Å². The molecule has 2 fully saturated rings. The molecule has 2 aromatic carbocycles. The average Bonchev–Trinajstić information content (AvgIpc) is 3.55. The third-order valence-corrected chi connectivity index (χ3v) is 9.52. The van der Waals surface area contributed by atoms with E-state index in [4.69, 9.17) is 4.98 Å². The largest absolute Gasteiger partial charge is 0.354 e. The van der Waals surface area contributed by atoms with Gasteiger partial charge in [0.25, 0.3) is 5.91 Å². The maximum atomic E-state index is 16.7. The molecule has 7 rings (SSSR count). The first-order chi connectivity index (χ1) is 23.9. The number of benzene rings is 2. The van der Waals surface area contributed by atoms with Crippen molar-refractivity contribution >= 4 is 45.4 Å². The second kappa shape index (κ2) is 12.9. The second-order valence-corrected chi connectivity index (χ2v) is 13.1. The van der Waals surface area contributed by atoms with Gasteiger partial charge in [-0.25, -0.2) is 32.5 Å². The van der Waals surface area contributed by atoms with Gasteiger partial charge in [-0.3, -0.25) is 9.78 Å². The van der Waals surface area contributed by atoms with E-state index in [0.717, 1.165) is 12.1 Å². The number of aryl methyl sites for hydroxylation is 2. The van der Waals surface area contributed by atoms with Crippen molar-refractivity contribution < 1.29 is 22.4 Å². The predicted molar refractivity (Wildman–Crippen MR) is 184 cm³/mol. The summed E-state index contributed by atoms with van der Waals surface area (Å²) in [5.41, 5.74) is 0.864. The third kappa shape index (κ3) is 5.97. The van der Waals surface area contributed by atoms with Crippen molar-refractivity contribution in [1.82, 2.24) is 34.7 Å². The van der Waals surface area contributed by atoms with Crippen LogP contribution in [0.3, 0.4) is 0 Å². The molecular formula is C36H35F4N9O. The Balaban J connectivity index is 1.25. The summed E-state index contributed by atoms with van der Waals surface area (Å²) in [5.74, 6) is -3.46. The van der Waals surface area contributed by atoms with Gasteiger partial charge in [-0.1, -0.05) is 24.3 Å². The first-order valence-corrected chi connectivity index (χ1v) is 16.3. The van der Waals surface area contributed by atoms with Gasteiger partial charge in [-0.2, -0.15) is 4.98 Å². The summed E-state index contributed by atoms with van der Waals surface area (Å²) in [7, 11) is 5.75. The van der Waals surface area contributed by atoms with Crippen LogP contribution in [0, 0.1) is 31.3 Å². The van der Waals surface area contributed by atoms with Gasteiger partial charge in [0.2, 0.25) is 5.95 Å². The molecule has 5 aromatic rings. The summed E-state index contributed by atoms with van der Waals surface area (Å²) < 4.78 is 61.3. The maximum Gasteiger partial charge on any atom is 0.282 e. The fraction of sp³-hybridized carbons (Fsp3) is 0.333. The lowest BCUT2D eigenvalue weighted by molar-refractivity contribution is -0.127. The monoisotopic (exact) mass is 685 g/mol. The Hall–Kier alpha value is -5.24. The van der Waals surface area contributed by atoms with Gasteiger partial charge in [0, 0.05) is 74.2 Å². The van der Waals surface area contributed by atoms with Gasteiger partial charge in [-0.05, 0) is 51.9 Å². The number of likely N-dealkylation sites (tertiary alicyclic amines) is 1. The fourth-order valence-electron chi connectivity index (χ4n) is 6.66. The molecule has 50 heavy (non-hydrogen) atoms. The molecule has 1 amide bonds. The van der Waals surface area contributed by atoms with Gasteiger partial charge in [-0.15, -0.1) is 0 Å². The molecule has 1 atom stereocenters. The van der Waals surface area contributed by atoms with Crippen LogP contribution >= 0.6 is 0 Å². The van der Waals surface area contributed by atoms with Crippen LogP contribution < -0.4 is 9.80 Å². The van der Waals surface area contributed by atoms with E-state index in [0.29, 0.717) is 65.8 Å². The van der Waals surface area contributed by atoms with Gasteiger partial charge in [0.05, 0.1) is 11.1 Å². The molecule has 0 radical (unpaired) electrons. The zero-order chi connectivity index (χ0) is 35.4. The quantitative estimate of drug-likeness (QED) is 0.163. The normalized spacial score (nSPS) is 16.9. The van der Waals surface area contributed by atoms with E-state index in [1.807, 2.05) is 23.9 Å². The van der Waals surface area contributed by atoms with E-state index in [2.05, 4.69) is 24.8 Å². The van der Waals surface area contributed by atoms with Gasteiger partial charge >= 0.3 is 0 Å². The number of carbonyl (C=O) groups excluding carboxylic acids is 1. The first-order valence-electron chi connectivity index (χ1n) is 16.3. The Morgan fingerprint density at radius 3 is 2.46 bits per heavy atom. The molecule has 258 valence electrons. The number of carbonyl (C=O) groups is 1. The lowest BCUT2D eigenvalue weighted by Crippen LogP contribution is -2.58. The standard InChI is InChI=1S/C36H35F4N9O/c1-19-13-22(43-20(2)42-19)14-28(38)35(50)48-12-11-23(16-48)47(5)34-26-15-41-32(25-8-6-7-21-9-10-27(37)30(39)29(21)25)31(40)33(26)44-36(45-34)49-17-24(18-49)46(3)4/h6-10,13-15,23-24H,11-12,16-18H2,1-5H3/b28-14-/t23-/m1/s1. The van der Waals surface area contributed by atoms with Crippen molar-refractivity contribution in [2.24, 2.45) is 0 Å². The number of hydrogen-bond acceptors (Lipinski definition) is 9. The van der Waals surface area contributed by atoms with Crippen LogP contribution in [0.1, 0.15) is 23.6 Å². The van der Waals surface area contributed by atoms with Crippen LogP contribution in [0.5, 0.6) is 0 Å². The van der Waals surface area contributed by atoms with Crippen LogP contribution in [-0.4, -0.2) is 100 Å². The topological polar surface area (TPSA) is 94.5 Å². The van der Waals surface area contributed by atoms with E-state index >= 15 is 13.2 Å². The number of halogens is 4. The third-order valence-electron chi connectivity index (χ3n) is 9.52. The number of hydrogen-bond donors (Lipinski definition) is 0. The lowest BCUT2D eigenvalue weighted by atomic mass is 10.00. The number of amides is 1. The van der Waals surface area contributed by atoms with Crippen molar-refractivity contribution in [1.29, 1.82) is 0 Å². The Kier molecular flexibility index (Phi) is 8.58. The van der Waals surface area contributed by atoms with E-state index in [9.17, 15) is 9.18 Å². The number of nitrogens with zero attached hydrogens (tertiary/aromatic N) is 9. The van der Waals surface area contributed by atoms with E-state index in [1.165, 1.54) is 23.2 Å². The molecule has 2 aliphatic heterocycles. The molecule has 0 saturated carbocycles. The van der Waals surface area contributed by atoms with Crippen molar-refractivity contribution in [3.63, 3.8) is 0 Å². The fourth-order valence-corrected chi connectivity index (χ4v) is 6.66. The summed E-state index contributed by atoms with van der Waals surface area (Å²) in [6, 6.07) is 8.79. The maximum absolute atomic E-state index is 16.7. The molecule has 0 bridgehead atoms. The van der Waals surface area contributed by atoms with Crippen LogP contribution in [-0.2, 0) is 4.79 Å². The number of rotatable bonds is 7. The second-order valence-electron chi connectivity index (χ2n) is 13.1. The highest BCUT2D eigenvalue weighted by Crippen LogP contribution is 2.37. The Morgan fingerprint density at radius 1 is 0.940 bits per heavy atom. The van der Waals surface area contributed by atoms with Crippen LogP contribution in [0.25, 0.3) is 39.0 Å². The zero-order valence-electron chi connectivity index (χ0n) is 28.3. The Bertz CT molecular complexity index is 2170. The highest BCUT2D eigenvalue weighted by molar-refractivity contribution is 6.00. The predicted octanol–water partition coefficient (Wildman–Crippen LogP) is 5.47. The van der Waals surface area contributed by atoms with E-state index in [-0.39, 0.29) is 40.8 Å². The Morgan fingerprint density at radius 2 is 1.72 bits per heavy atom. The lowest BCUT2D eigenvalue weighted by Gasteiger charge is -2.43. The summed E-state index contributed by atoms with van der Waals surface area (Å²) in [6.45, 7) is 5.20. The van der Waals surface area contributed by atoms with Crippen molar-refractivity contribution in [2.75, 3.05) is 57.1 Å². The van der Waals surface area contributed by atoms with Crippen LogP contribution in [0.15, 0.2) is 48.4 Å². The van der Waals surface area contributed by atoms with Gasteiger partial charge in [0.15, 0.2) is 23.3 Å². The average molecular weight is 686 g/mol. The molecule has 0 spiro atoms. The number of aromatic nitrogens is 5. The van der Waals surface area contributed by atoms with Crippen molar-refractivity contribution in [3.8, 4) is 11.3 Å². The molecule has 14 heteroatoms. The SMILES string of the molecule is Cc1cc(/C=C(\F)C(=O)N2CC[C@@H](N(C)c3nc(N4CC(N(C)C)C4)nc4c(F)c(-c5cccc6ccc(F)c(F)c56)ncc34)C2)nc(C)n1. The molecule has 0 unspecified atom stereocenters. The molecule has 2 aliphatic rings. The minimum Gasteiger partial charge on any atom is -0.354 e. The van der Waals surface area contributed by atoms with Crippen molar-refractivity contribution in [2.45, 2.75) is 32.4 Å². The smallest absolute Gasteiger partial charge is 0.282 e. The Labute approximate surface area is 286 Å². The van der Waals surface area contributed by atoms with Crippen LogP contribution in [0.4, 0.5) is 29.3 Å². The molecule has 10 nitrogen and oxygen atoms in total. The number of anilines is 2. The summed E-state index contributed by atoms with van der Waals surface area (Å²) >= 11 is 0.